The highest BCUT2D eigenvalue weighted by atomic mass is 32.1. The number of fused-ring (bicyclic) bond motifs is 1. The van der Waals surface area contributed by atoms with E-state index in [0.717, 1.165) is 22.0 Å². The molecule has 7 nitrogen and oxygen atoms in total. The van der Waals surface area contributed by atoms with Crippen LogP contribution in [0.5, 0.6) is 17.2 Å². The van der Waals surface area contributed by atoms with Gasteiger partial charge in [0.25, 0.3) is 5.91 Å². The van der Waals surface area contributed by atoms with Crippen LogP contribution in [0.4, 0.5) is 5.69 Å². The first-order chi connectivity index (χ1) is 14.1. The van der Waals surface area contributed by atoms with Crippen LogP contribution in [0.1, 0.15) is 10.5 Å². The number of nitrogens with zero attached hydrogens (tertiary/aromatic N) is 2. The van der Waals surface area contributed by atoms with Crippen molar-refractivity contribution in [1.82, 2.24) is 9.38 Å². The Morgan fingerprint density at radius 1 is 1.00 bits per heavy atom. The van der Waals surface area contributed by atoms with Gasteiger partial charge >= 0.3 is 0 Å². The molecule has 4 aromatic rings. The average molecular weight is 409 g/mol. The third-order valence-corrected chi connectivity index (χ3v) is 5.32. The molecule has 0 saturated carbocycles. The SMILES string of the molecule is COc1ccc(-c2cn3c(C(=O)Nc4ccc(OC)cc4OC)csc3n2)cc1. The molecule has 29 heavy (non-hydrogen) atoms. The Balaban J connectivity index is 1.62. The lowest BCUT2D eigenvalue weighted by atomic mass is 10.2. The van der Waals surface area contributed by atoms with E-state index >= 15 is 0 Å². The van der Waals surface area contributed by atoms with Gasteiger partial charge in [0.15, 0.2) is 4.96 Å². The maximum absolute atomic E-state index is 12.9. The molecule has 2 heterocycles. The molecule has 8 heteroatoms. The van der Waals surface area contributed by atoms with Gasteiger partial charge in [-0.05, 0) is 36.4 Å². The number of ether oxygens (including phenoxy) is 3. The van der Waals surface area contributed by atoms with E-state index in [2.05, 4.69) is 10.3 Å². The molecule has 0 bridgehead atoms. The summed E-state index contributed by atoms with van der Waals surface area (Å²) in [6, 6.07) is 12.9. The van der Waals surface area contributed by atoms with Crippen LogP contribution >= 0.6 is 11.3 Å². The first-order valence-electron chi connectivity index (χ1n) is 8.77. The lowest BCUT2D eigenvalue weighted by molar-refractivity contribution is 0.102. The summed E-state index contributed by atoms with van der Waals surface area (Å²) in [5, 5.41) is 4.68. The predicted molar refractivity (Wildman–Crippen MR) is 113 cm³/mol. The Bertz CT molecular complexity index is 1160. The predicted octanol–water partition coefficient (Wildman–Crippen LogP) is 4.34. The minimum absolute atomic E-state index is 0.251. The summed E-state index contributed by atoms with van der Waals surface area (Å²) in [6.45, 7) is 0. The Hall–Kier alpha value is -3.52. The number of rotatable bonds is 6. The maximum Gasteiger partial charge on any atom is 0.273 e. The van der Waals surface area contributed by atoms with Gasteiger partial charge in [-0.15, -0.1) is 11.3 Å². The summed E-state index contributed by atoms with van der Waals surface area (Å²) >= 11 is 1.41. The fourth-order valence-corrected chi connectivity index (χ4v) is 3.79. The fraction of sp³-hybridized carbons (Fsp3) is 0.143. The number of hydrogen-bond donors (Lipinski definition) is 1. The largest absolute Gasteiger partial charge is 0.497 e. The van der Waals surface area contributed by atoms with Crippen LogP contribution in [0.3, 0.4) is 0 Å². The van der Waals surface area contributed by atoms with Crippen LogP contribution < -0.4 is 19.5 Å². The van der Waals surface area contributed by atoms with Gasteiger partial charge in [0.05, 0.1) is 32.7 Å². The summed E-state index contributed by atoms with van der Waals surface area (Å²) in [5.41, 5.74) is 2.80. The van der Waals surface area contributed by atoms with Crippen LogP contribution in [0.2, 0.25) is 0 Å². The molecule has 0 aliphatic heterocycles. The van der Waals surface area contributed by atoms with Crippen LogP contribution in [0.15, 0.2) is 54.0 Å². The van der Waals surface area contributed by atoms with Crippen molar-refractivity contribution in [2.45, 2.75) is 0 Å². The molecular weight excluding hydrogens is 390 g/mol. The molecule has 1 N–H and O–H groups in total. The zero-order chi connectivity index (χ0) is 20.4. The van der Waals surface area contributed by atoms with Gasteiger partial charge in [-0.3, -0.25) is 9.20 Å². The first-order valence-corrected chi connectivity index (χ1v) is 9.65. The number of aromatic nitrogens is 2. The zero-order valence-corrected chi connectivity index (χ0v) is 16.9. The average Bonchev–Trinajstić information content (AvgIpc) is 3.35. The van der Waals surface area contributed by atoms with Crippen molar-refractivity contribution in [2.75, 3.05) is 26.6 Å². The Morgan fingerprint density at radius 2 is 1.72 bits per heavy atom. The number of benzene rings is 2. The molecule has 1 amide bonds. The highest BCUT2D eigenvalue weighted by molar-refractivity contribution is 7.15. The Labute approximate surface area is 171 Å². The second-order valence-electron chi connectivity index (χ2n) is 6.15. The van der Waals surface area contributed by atoms with Crippen LogP contribution in [-0.2, 0) is 0 Å². The first kappa shape index (κ1) is 18.8. The van der Waals surface area contributed by atoms with Crippen molar-refractivity contribution >= 4 is 27.9 Å². The van der Waals surface area contributed by atoms with Gasteiger partial charge in [0, 0.05) is 23.2 Å². The number of thiazole rings is 1. The number of anilines is 1. The van der Waals surface area contributed by atoms with Gasteiger partial charge in [-0.25, -0.2) is 4.98 Å². The van der Waals surface area contributed by atoms with Crippen molar-refractivity contribution in [3.63, 3.8) is 0 Å². The second kappa shape index (κ2) is 7.84. The van der Waals surface area contributed by atoms with Crippen molar-refractivity contribution in [2.24, 2.45) is 0 Å². The highest BCUT2D eigenvalue weighted by Gasteiger charge is 2.17. The van der Waals surface area contributed by atoms with E-state index in [4.69, 9.17) is 14.2 Å². The number of nitrogens with one attached hydrogen (secondary N) is 1. The zero-order valence-electron chi connectivity index (χ0n) is 16.1. The Morgan fingerprint density at radius 3 is 2.41 bits per heavy atom. The molecule has 0 unspecified atom stereocenters. The van der Waals surface area contributed by atoms with Crippen LogP contribution in [-0.4, -0.2) is 36.6 Å². The topological polar surface area (TPSA) is 74.1 Å². The molecule has 0 aliphatic carbocycles. The minimum atomic E-state index is -0.251. The summed E-state index contributed by atoms with van der Waals surface area (Å²) in [4.78, 5) is 18.2. The van der Waals surface area contributed by atoms with Gasteiger partial charge in [0.2, 0.25) is 0 Å². The normalized spacial score (nSPS) is 10.7. The third-order valence-electron chi connectivity index (χ3n) is 4.48. The number of carbonyl (C=O) groups excluding carboxylic acids is 1. The van der Waals surface area contributed by atoms with Crippen molar-refractivity contribution in [3.05, 3.63) is 59.7 Å². The van der Waals surface area contributed by atoms with Crippen molar-refractivity contribution in [1.29, 1.82) is 0 Å². The smallest absolute Gasteiger partial charge is 0.273 e. The Kier molecular flexibility index (Phi) is 5.09. The van der Waals surface area contributed by atoms with E-state index in [1.165, 1.54) is 11.3 Å². The standard InChI is InChI=1S/C21H19N3O4S/c1-26-14-6-4-13(5-7-14)17-11-24-18(12-29-21(24)23-17)20(25)22-16-9-8-15(27-2)10-19(16)28-3/h4-12H,1-3H3,(H,22,25). The molecule has 0 atom stereocenters. The highest BCUT2D eigenvalue weighted by Crippen LogP contribution is 2.30. The van der Waals surface area contributed by atoms with E-state index in [9.17, 15) is 4.79 Å². The molecule has 0 aliphatic rings. The van der Waals surface area contributed by atoms with Gasteiger partial charge in [-0.2, -0.15) is 0 Å². The summed E-state index contributed by atoms with van der Waals surface area (Å²) in [7, 11) is 4.75. The quantitative estimate of drug-likeness (QED) is 0.513. The maximum atomic E-state index is 12.9. The van der Waals surface area contributed by atoms with Crippen LogP contribution in [0, 0.1) is 0 Å². The molecule has 148 valence electrons. The lowest BCUT2D eigenvalue weighted by Crippen LogP contribution is -2.14. The number of methoxy groups -OCH3 is 3. The van der Waals surface area contributed by atoms with Gasteiger partial charge in [0.1, 0.15) is 22.9 Å². The minimum Gasteiger partial charge on any atom is -0.497 e. The van der Waals surface area contributed by atoms with Crippen LogP contribution in [0.25, 0.3) is 16.2 Å². The van der Waals surface area contributed by atoms with E-state index < -0.39 is 0 Å². The summed E-state index contributed by atoms with van der Waals surface area (Å²) in [5.74, 6) is 1.70. The van der Waals surface area contributed by atoms with Gasteiger partial charge in [-0.1, -0.05) is 0 Å². The van der Waals surface area contributed by atoms with Crippen molar-refractivity contribution in [3.8, 4) is 28.5 Å². The number of amides is 1. The van der Waals surface area contributed by atoms with E-state index in [1.54, 1.807) is 49.3 Å². The number of hydrogen-bond acceptors (Lipinski definition) is 6. The second-order valence-corrected chi connectivity index (χ2v) is 6.99. The van der Waals surface area contributed by atoms with E-state index in [1.807, 2.05) is 30.5 Å². The summed E-state index contributed by atoms with van der Waals surface area (Å²) in [6.07, 6.45) is 1.85. The molecule has 0 saturated heterocycles. The molecule has 0 spiro atoms. The summed E-state index contributed by atoms with van der Waals surface area (Å²) < 4.78 is 17.5. The lowest BCUT2D eigenvalue weighted by Gasteiger charge is -2.11. The number of carbonyl (C=O) groups is 1. The van der Waals surface area contributed by atoms with E-state index in [0.29, 0.717) is 22.9 Å². The monoisotopic (exact) mass is 409 g/mol. The molecule has 0 fully saturated rings. The van der Waals surface area contributed by atoms with Gasteiger partial charge < -0.3 is 19.5 Å². The molecular formula is C21H19N3O4S. The molecule has 0 radical (unpaired) electrons. The molecule has 2 aromatic carbocycles. The van der Waals surface area contributed by atoms with E-state index in [-0.39, 0.29) is 5.91 Å². The van der Waals surface area contributed by atoms with Crippen molar-refractivity contribution < 1.29 is 19.0 Å². The number of imidazole rings is 1. The third kappa shape index (κ3) is 3.62. The fourth-order valence-electron chi connectivity index (χ4n) is 2.94. The molecule has 2 aromatic heterocycles. The molecule has 4 rings (SSSR count).